The Morgan fingerprint density at radius 3 is 2.72 bits per heavy atom. The fourth-order valence-corrected chi connectivity index (χ4v) is 4.61. The lowest BCUT2D eigenvalue weighted by Crippen LogP contribution is -2.40. The molecule has 4 heterocycles. The molecule has 3 amide bonds. The Labute approximate surface area is 227 Å². The summed E-state index contributed by atoms with van der Waals surface area (Å²) in [5, 5.41) is 15.0. The monoisotopic (exact) mass is 534 g/mol. The maximum Gasteiger partial charge on any atom is 0.328 e. The average molecular weight is 535 g/mol. The first-order valence-corrected chi connectivity index (χ1v) is 13.6. The highest BCUT2D eigenvalue weighted by Gasteiger charge is 2.28. The summed E-state index contributed by atoms with van der Waals surface area (Å²) in [4.78, 5) is 47.5. The number of nitrogens with zero attached hydrogens (tertiary/aromatic N) is 4. The van der Waals surface area contributed by atoms with E-state index in [0.29, 0.717) is 61.4 Å². The van der Waals surface area contributed by atoms with Gasteiger partial charge in [0.05, 0.1) is 12.3 Å². The summed E-state index contributed by atoms with van der Waals surface area (Å²) in [6.45, 7) is 5.14. The lowest BCUT2D eigenvalue weighted by molar-refractivity contribution is -0.130. The van der Waals surface area contributed by atoms with Crippen LogP contribution in [-0.4, -0.2) is 53.6 Å². The van der Waals surface area contributed by atoms with Crippen molar-refractivity contribution >= 4 is 29.9 Å². The van der Waals surface area contributed by atoms with Crippen molar-refractivity contribution < 1.29 is 23.9 Å². The third-order valence-electron chi connectivity index (χ3n) is 6.87. The van der Waals surface area contributed by atoms with Gasteiger partial charge in [0.25, 0.3) is 0 Å². The van der Waals surface area contributed by atoms with Gasteiger partial charge in [0, 0.05) is 31.3 Å². The predicted molar refractivity (Wildman–Crippen MR) is 144 cm³/mol. The van der Waals surface area contributed by atoms with Crippen molar-refractivity contribution in [2.24, 2.45) is 0 Å². The summed E-state index contributed by atoms with van der Waals surface area (Å²) in [6.07, 6.45) is 7.52. The molecular weight excluding hydrogens is 500 g/mol. The minimum Gasteiger partial charge on any atom is -0.489 e. The van der Waals surface area contributed by atoms with E-state index in [1.54, 1.807) is 6.07 Å². The van der Waals surface area contributed by atoms with Gasteiger partial charge in [-0.25, -0.2) is 14.8 Å². The number of hydrogen-bond donors (Lipinski definition) is 2. The van der Waals surface area contributed by atoms with Crippen molar-refractivity contribution in [1.29, 1.82) is 5.26 Å². The molecule has 2 aromatic rings. The number of fused-ring (bicyclic) bond motifs is 1. The van der Waals surface area contributed by atoms with E-state index in [4.69, 9.17) is 9.47 Å². The van der Waals surface area contributed by atoms with E-state index in [-0.39, 0.29) is 30.1 Å². The van der Waals surface area contributed by atoms with Crippen LogP contribution in [0.5, 0.6) is 5.75 Å². The highest BCUT2D eigenvalue weighted by atomic mass is 16.5. The van der Waals surface area contributed by atoms with Crippen LogP contribution in [-0.2, 0) is 22.5 Å². The standard InChI is InChI=1S/C26H28N6O5.C2H6/c27-12-18-14-28-23(11-22(18)37-19-5-1-6-19)31-26(35)32-8-2-4-16-10-17(20(15-33)30-24(16)32)13-29-25(34)21-7-3-9-36-21;1-2/h10-11,14-15,19,21H,1-9,13H2,(H,29,34)(H,28,31,35);1-2H3. The molecule has 1 unspecified atom stereocenters. The van der Waals surface area contributed by atoms with Gasteiger partial charge >= 0.3 is 6.03 Å². The van der Waals surface area contributed by atoms with Gasteiger partial charge in [0.15, 0.2) is 6.29 Å². The first-order chi connectivity index (χ1) is 19.1. The van der Waals surface area contributed by atoms with Crippen LogP contribution in [0.25, 0.3) is 0 Å². The fourth-order valence-electron chi connectivity index (χ4n) is 4.61. The molecule has 0 aromatic carbocycles. The van der Waals surface area contributed by atoms with Crippen molar-refractivity contribution in [3.05, 3.63) is 40.7 Å². The van der Waals surface area contributed by atoms with Crippen LogP contribution in [0.3, 0.4) is 0 Å². The Morgan fingerprint density at radius 1 is 1.23 bits per heavy atom. The third kappa shape index (κ3) is 6.52. The van der Waals surface area contributed by atoms with E-state index < -0.39 is 12.1 Å². The molecule has 2 aromatic heterocycles. The molecule has 1 atom stereocenters. The maximum absolute atomic E-state index is 13.2. The molecule has 11 nitrogen and oxygen atoms in total. The van der Waals surface area contributed by atoms with Crippen LogP contribution in [0.15, 0.2) is 18.3 Å². The summed E-state index contributed by atoms with van der Waals surface area (Å²) in [6, 6.07) is 5.01. The molecule has 11 heteroatoms. The molecule has 2 fully saturated rings. The minimum absolute atomic E-state index is 0.0719. The number of anilines is 2. The number of carbonyl (C=O) groups excluding carboxylic acids is 3. The number of hydrogen-bond acceptors (Lipinski definition) is 8. The zero-order valence-corrected chi connectivity index (χ0v) is 22.4. The molecule has 2 aliphatic heterocycles. The number of aldehydes is 1. The summed E-state index contributed by atoms with van der Waals surface area (Å²) < 4.78 is 11.3. The molecule has 0 spiro atoms. The molecule has 3 aliphatic rings. The van der Waals surface area contributed by atoms with Crippen LogP contribution in [0.4, 0.5) is 16.4 Å². The number of amides is 3. The molecular formula is C28H34N6O5. The molecule has 1 saturated carbocycles. The van der Waals surface area contributed by atoms with Crippen molar-refractivity contribution in [3.8, 4) is 11.8 Å². The lowest BCUT2D eigenvalue weighted by atomic mass is 9.96. The zero-order valence-electron chi connectivity index (χ0n) is 22.4. The minimum atomic E-state index is -0.458. The number of ether oxygens (including phenoxy) is 2. The Morgan fingerprint density at radius 2 is 2.05 bits per heavy atom. The molecule has 5 rings (SSSR count). The van der Waals surface area contributed by atoms with Gasteiger partial charge in [-0.1, -0.05) is 13.8 Å². The molecule has 1 aliphatic carbocycles. The number of aryl methyl sites for hydroxylation is 1. The summed E-state index contributed by atoms with van der Waals surface area (Å²) in [7, 11) is 0. The van der Waals surface area contributed by atoms with E-state index in [1.165, 1.54) is 11.1 Å². The van der Waals surface area contributed by atoms with E-state index in [9.17, 15) is 19.6 Å². The molecule has 0 radical (unpaired) electrons. The second kappa shape index (κ2) is 13.2. The van der Waals surface area contributed by atoms with E-state index in [2.05, 4.69) is 26.7 Å². The van der Waals surface area contributed by atoms with Crippen LogP contribution >= 0.6 is 0 Å². The number of aromatic nitrogens is 2. The number of urea groups is 1. The fraction of sp³-hybridized carbons (Fsp3) is 0.500. The number of rotatable bonds is 7. The Balaban J connectivity index is 0.00000172. The van der Waals surface area contributed by atoms with Gasteiger partial charge in [0.2, 0.25) is 5.91 Å². The van der Waals surface area contributed by atoms with Crippen molar-refractivity contribution in [2.75, 3.05) is 23.4 Å². The second-order valence-corrected chi connectivity index (χ2v) is 9.39. The molecule has 2 N–H and O–H groups in total. The van der Waals surface area contributed by atoms with Gasteiger partial charge in [0.1, 0.15) is 40.8 Å². The normalized spacial score (nSPS) is 18.0. The zero-order chi connectivity index (χ0) is 27.8. The smallest absolute Gasteiger partial charge is 0.328 e. The van der Waals surface area contributed by atoms with Crippen LogP contribution in [0, 0.1) is 11.3 Å². The van der Waals surface area contributed by atoms with Crippen LogP contribution < -0.4 is 20.3 Å². The number of carbonyl (C=O) groups is 3. The Kier molecular flexibility index (Phi) is 9.44. The maximum atomic E-state index is 13.2. The number of pyridine rings is 2. The largest absolute Gasteiger partial charge is 0.489 e. The quantitative estimate of drug-likeness (QED) is 0.509. The first kappa shape index (κ1) is 28.0. The van der Waals surface area contributed by atoms with E-state index in [1.807, 2.05) is 19.9 Å². The number of nitriles is 1. The van der Waals surface area contributed by atoms with Gasteiger partial charge in [-0.2, -0.15) is 5.26 Å². The van der Waals surface area contributed by atoms with Gasteiger partial charge in [-0.05, 0) is 56.6 Å². The highest BCUT2D eigenvalue weighted by Crippen LogP contribution is 2.30. The SMILES string of the molecule is CC.N#Cc1cnc(NC(=O)N2CCCc3cc(CNC(=O)C4CCCO4)c(C=O)nc32)cc1OC1CCC1. The third-order valence-corrected chi connectivity index (χ3v) is 6.87. The number of nitrogens with one attached hydrogen (secondary N) is 2. The molecule has 206 valence electrons. The highest BCUT2D eigenvalue weighted by molar-refractivity contribution is 6.01. The lowest BCUT2D eigenvalue weighted by Gasteiger charge is -2.29. The van der Waals surface area contributed by atoms with Gasteiger partial charge < -0.3 is 14.8 Å². The Bertz CT molecular complexity index is 1250. The van der Waals surface area contributed by atoms with Crippen molar-refractivity contribution in [3.63, 3.8) is 0 Å². The topological polar surface area (TPSA) is 147 Å². The summed E-state index contributed by atoms with van der Waals surface area (Å²) >= 11 is 0. The molecule has 0 bridgehead atoms. The second-order valence-electron chi connectivity index (χ2n) is 9.39. The van der Waals surface area contributed by atoms with E-state index in [0.717, 1.165) is 31.2 Å². The Hall–Kier alpha value is -4.04. The van der Waals surface area contributed by atoms with Gasteiger partial charge in [-0.3, -0.25) is 19.8 Å². The first-order valence-electron chi connectivity index (χ1n) is 13.6. The summed E-state index contributed by atoms with van der Waals surface area (Å²) in [5.41, 5.74) is 1.88. The predicted octanol–water partition coefficient (Wildman–Crippen LogP) is 3.90. The van der Waals surface area contributed by atoms with E-state index >= 15 is 0 Å². The summed E-state index contributed by atoms with van der Waals surface area (Å²) in [5.74, 6) is 0.852. The van der Waals surface area contributed by atoms with Crippen molar-refractivity contribution in [2.45, 2.75) is 77.5 Å². The van der Waals surface area contributed by atoms with Crippen LogP contribution in [0.1, 0.15) is 79.6 Å². The van der Waals surface area contributed by atoms with Gasteiger partial charge in [-0.15, -0.1) is 0 Å². The van der Waals surface area contributed by atoms with Crippen molar-refractivity contribution in [1.82, 2.24) is 15.3 Å². The van der Waals surface area contributed by atoms with Crippen LogP contribution in [0.2, 0.25) is 0 Å². The molecule has 39 heavy (non-hydrogen) atoms. The average Bonchev–Trinajstić information content (AvgIpc) is 3.49. The molecule has 1 saturated heterocycles.